The summed E-state index contributed by atoms with van der Waals surface area (Å²) >= 11 is 2.02. The zero-order chi connectivity index (χ0) is 11.4. The third-order valence-corrected chi connectivity index (χ3v) is 4.44. The molecule has 3 unspecified atom stereocenters. The van der Waals surface area contributed by atoms with E-state index in [-0.39, 0.29) is 6.10 Å². The minimum absolute atomic E-state index is 0.0927. The van der Waals surface area contributed by atoms with Crippen LogP contribution in [0.25, 0.3) is 0 Å². The zero-order valence-electron chi connectivity index (χ0n) is 9.35. The first-order valence-corrected chi connectivity index (χ1v) is 7.08. The van der Waals surface area contributed by atoms with Crippen LogP contribution in [0.5, 0.6) is 0 Å². The average Bonchev–Trinajstić information content (AvgIpc) is 2.87. The van der Waals surface area contributed by atoms with Crippen LogP contribution in [0.4, 0.5) is 0 Å². The summed E-state index contributed by atoms with van der Waals surface area (Å²) in [5, 5.41) is 12.2. The van der Waals surface area contributed by atoms with Crippen LogP contribution < -0.4 is 5.32 Å². The van der Waals surface area contributed by atoms with Crippen molar-refractivity contribution in [2.45, 2.75) is 31.5 Å². The monoisotopic (exact) mass is 245 g/mol. The number of rotatable bonds is 5. The van der Waals surface area contributed by atoms with Gasteiger partial charge in [0.25, 0.3) is 0 Å². The van der Waals surface area contributed by atoms with E-state index in [0.29, 0.717) is 6.42 Å². The van der Waals surface area contributed by atoms with Crippen molar-refractivity contribution in [3.8, 4) is 0 Å². The molecule has 16 heavy (non-hydrogen) atoms. The van der Waals surface area contributed by atoms with Crippen LogP contribution in [-0.2, 0) is 9.53 Å². The van der Waals surface area contributed by atoms with Crippen molar-refractivity contribution in [3.05, 3.63) is 0 Å². The predicted molar refractivity (Wildman–Crippen MR) is 63.8 cm³/mol. The van der Waals surface area contributed by atoms with Crippen LogP contribution in [0.3, 0.4) is 0 Å². The minimum atomic E-state index is -0.824. The van der Waals surface area contributed by atoms with Crippen LogP contribution in [0.15, 0.2) is 0 Å². The maximum Gasteiger partial charge on any atom is 0.332 e. The summed E-state index contributed by atoms with van der Waals surface area (Å²) in [6, 6.07) is 0. The number of carbonyl (C=O) groups is 1. The van der Waals surface area contributed by atoms with Gasteiger partial charge in [-0.25, -0.2) is 4.79 Å². The fourth-order valence-electron chi connectivity index (χ4n) is 2.23. The van der Waals surface area contributed by atoms with Crippen molar-refractivity contribution < 1.29 is 14.6 Å². The molecule has 0 bridgehead atoms. The summed E-state index contributed by atoms with van der Waals surface area (Å²) < 4.78 is 5.42. The third kappa shape index (κ3) is 3.37. The highest BCUT2D eigenvalue weighted by molar-refractivity contribution is 7.99. The molecule has 2 rings (SSSR count). The Kier molecular flexibility index (Phi) is 4.49. The van der Waals surface area contributed by atoms with E-state index in [4.69, 9.17) is 9.84 Å². The Morgan fingerprint density at radius 1 is 1.38 bits per heavy atom. The van der Waals surface area contributed by atoms with Gasteiger partial charge in [-0.1, -0.05) is 0 Å². The van der Waals surface area contributed by atoms with Gasteiger partial charge < -0.3 is 15.2 Å². The van der Waals surface area contributed by atoms with E-state index in [1.165, 1.54) is 17.9 Å². The Hall–Kier alpha value is -0.260. The highest BCUT2D eigenvalue weighted by Gasteiger charge is 2.30. The van der Waals surface area contributed by atoms with E-state index in [9.17, 15) is 4.79 Å². The number of thioether (sulfide) groups is 1. The normalized spacial score (nSPS) is 34.4. The summed E-state index contributed by atoms with van der Waals surface area (Å²) in [5.74, 6) is 2.51. The smallest absolute Gasteiger partial charge is 0.332 e. The van der Waals surface area contributed by atoms with Gasteiger partial charge in [0, 0.05) is 6.54 Å². The molecule has 0 amide bonds. The second-order valence-corrected chi connectivity index (χ2v) is 5.70. The standard InChI is InChI=1S/C11H19NO3S/c13-11(14)10-2-1-9(15-10)6-12-5-8-3-4-16-7-8/h8-10,12H,1-7H2,(H,13,14). The number of nitrogens with one attached hydrogen (secondary N) is 1. The van der Waals surface area contributed by atoms with Crippen molar-refractivity contribution in [2.24, 2.45) is 5.92 Å². The van der Waals surface area contributed by atoms with Crippen molar-refractivity contribution in [2.75, 3.05) is 24.6 Å². The SMILES string of the molecule is O=C(O)C1CCC(CNCC2CCSC2)O1. The molecule has 0 aliphatic carbocycles. The summed E-state index contributed by atoms with van der Waals surface area (Å²) in [6.45, 7) is 1.84. The van der Waals surface area contributed by atoms with Crippen LogP contribution in [-0.4, -0.2) is 47.9 Å². The maximum atomic E-state index is 10.7. The first-order chi connectivity index (χ1) is 7.75. The van der Waals surface area contributed by atoms with Gasteiger partial charge >= 0.3 is 5.97 Å². The summed E-state index contributed by atoms with van der Waals surface area (Å²) in [4.78, 5) is 10.7. The molecule has 0 aromatic carbocycles. The average molecular weight is 245 g/mol. The van der Waals surface area contributed by atoms with E-state index in [1.54, 1.807) is 0 Å². The van der Waals surface area contributed by atoms with Gasteiger partial charge in [-0.3, -0.25) is 0 Å². The Morgan fingerprint density at radius 3 is 2.88 bits per heavy atom. The topological polar surface area (TPSA) is 58.6 Å². The molecule has 2 N–H and O–H groups in total. The molecule has 5 heteroatoms. The van der Waals surface area contributed by atoms with Crippen LogP contribution in [0.1, 0.15) is 19.3 Å². The molecule has 2 heterocycles. The molecular weight excluding hydrogens is 226 g/mol. The summed E-state index contributed by atoms with van der Waals surface area (Å²) in [5.41, 5.74) is 0. The van der Waals surface area contributed by atoms with Crippen molar-refractivity contribution in [1.29, 1.82) is 0 Å². The highest BCUT2D eigenvalue weighted by Crippen LogP contribution is 2.23. The zero-order valence-corrected chi connectivity index (χ0v) is 10.2. The second kappa shape index (κ2) is 5.89. The lowest BCUT2D eigenvalue weighted by Crippen LogP contribution is -2.32. The number of hydrogen-bond donors (Lipinski definition) is 2. The van der Waals surface area contributed by atoms with Crippen molar-refractivity contribution >= 4 is 17.7 Å². The van der Waals surface area contributed by atoms with Gasteiger partial charge in [0.15, 0.2) is 6.10 Å². The van der Waals surface area contributed by atoms with Gasteiger partial charge in [-0.05, 0) is 43.2 Å². The van der Waals surface area contributed by atoms with E-state index in [0.717, 1.165) is 25.4 Å². The molecule has 0 saturated carbocycles. The first kappa shape index (κ1) is 12.2. The number of carboxylic acid groups (broad SMARTS) is 1. The lowest BCUT2D eigenvalue weighted by atomic mass is 10.1. The molecule has 4 nitrogen and oxygen atoms in total. The minimum Gasteiger partial charge on any atom is -0.479 e. The quantitative estimate of drug-likeness (QED) is 0.755. The van der Waals surface area contributed by atoms with Gasteiger partial charge in [0.05, 0.1) is 6.10 Å². The second-order valence-electron chi connectivity index (χ2n) is 4.55. The van der Waals surface area contributed by atoms with Crippen LogP contribution in [0.2, 0.25) is 0 Å². The van der Waals surface area contributed by atoms with E-state index in [1.807, 2.05) is 11.8 Å². The van der Waals surface area contributed by atoms with Crippen LogP contribution >= 0.6 is 11.8 Å². The van der Waals surface area contributed by atoms with E-state index in [2.05, 4.69) is 5.32 Å². The Bertz CT molecular complexity index is 243. The van der Waals surface area contributed by atoms with Crippen molar-refractivity contribution in [3.63, 3.8) is 0 Å². The maximum absolute atomic E-state index is 10.7. The van der Waals surface area contributed by atoms with Gasteiger partial charge in [-0.2, -0.15) is 11.8 Å². The van der Waals surface area contributed by atoms with E-state index >= 15 is 0 Å². The Balaban J connectivity index is 1.58. The Labute approximate surface area is 100 Å². The number of ether oxygens (including phenoxy) is 1. The molecule has 2 fully saturated rings. The lowest BCUT2D eigenvalue weighted by Gasteiger charge is -2.14. The third-order valence-electron chi connectivity index (χ3n) is 3.21. The molecule has 0 spiro atoms. The van der Waals surface area contributed by atoms with Gasteiger partial charge in [0.1, 0.15) is 0 Å². The fourth-order valence-corrected chi connectivity index (χ4v) is 3.51. The molecule has 3 atom stereocenters. The molecule has 0 aromatic heterocycles. The first-order valence-electron chi connectivity index (χ1n) is 5.92. The van der Waals surface area contributed by atoms with Crippen LogP contribution in [0, 0.1) is 5.92 Å². The molecule has 92 valence electrons. The predicted octanol–water partition coefficient (Wildman–Crippen LogP) is 0.961. The van der Waals surface area contributed by atoms with Gasteiger partial charge in [0.2, 0.25) is 0 Å². The summed E-state index contributed by atoms with van der Waals surface area (Å²) in [7, 11) is 0. The number of aliphatic carboxylic acids is 1. The number of carboxylic acids is 1. The largest absolute Gasteiger partial charge is 0.479 e. The molecule has 2 aliphatic heterocycles. The highest BCUT2D eigenvalue weighted by atomic mass is 32.2. The number of hydrogen-bond acceptors (Lipinski definition) is 4. The Morgan fingerprint density at radius 2 is 2.25 bits per heavy atom. The molecule has 2 saturated heterocycles. The summed E-state index contributed by atoms with van der Waals surface area (Å²) in [6.07, 6.45) is 2.34. The molecule has 2 aliphatic rings. The molecular formula is C11H19NO3S. The molecule has 0 aromatic rings. The van der Waals surface area contributed by atoms with Crippen molar-refractivity contribution in [1.82, 2.24) is 5.32 Å². The fraction of sp³-hybridized carbons (Fsp3) is 0.909. The molecule has 0 radical (unpaired) electrons. The lowest BCUT2D eigenvalue weighted by molar-refractivity contribution is -0.149. The van der Waals surface area contributed by atoms with E-state index < -0.39 is 12.1 Å². The van der Waals surface area contributed by atoms with Gasteiger partial charge in [-0.15, -0.1) is 0 Å².